The lowest BCUT2D eigenvalue weighted by Crippen LogP contribution is -2.07. The monoisotopic (exact) mass is 231 g/mol. The second-order valence-corrected chi connectivity index (χ2v) is 3.83. The predicted molar refractivity (Wildman–Crippen MR) is 65.4 cm³/mol. The van der Waals surface area contributed by atoms with Crippen molar-refractivity contribution in [2.24, 2.45) is 0 Å². The lowest BCUT2D eigenvalue weighted by Gasteiger charge is -2.07. The first-order valence-electron chi connectivity index (χ1n) is 5.51. The average molecular weight is 231 g/mol. The van der Waals surface area contributed by atoms with Crippen LogP contribution in [-0.4, -0.2) is 16.5 Å². The minimum Gasteiger partial charge on any atom is -0.370 e. The molecule has 0 spiro atoms. The van der Waals surface area contributed by atoms with Crippen LogP contribution in [0.4, 0.5) is 10.2 Å². The minimum atomic E-state index is -0.515. The van der Waals surface area contributed by atoms with Gasteiger partial charge in [0.1, 0.15) is 12.1 Å². The molecule has 17 heavy (non-hydrogen) atoms. The normalized spacial score (nSPS) is 10.2. The maximum atomic E-state index is 12.8. The fourth-order valence-corrected chi connectivity index (χ4v) is 1.65. The van der Waals surface area contributed by atoms with E-state index >= 15 is 0 Å². The summed E-state index contributed by atoms with van der Waals surface area (Å²) in [6.07, 6.45) is 2.10. The fraction of sp³-hybridized carbons (Fsp3) is 0.231. The molecule has 1 aromatic carbocycles. The molecule has 3 nitrogen and oxygen atoms in total. The lowest BCUT2D eigenvalue weighted by molar-refractivity contribution is 0.580. The Balaban J connectivity index is 1.90. The highest BCUT2D eigenvalue weighted by atomic mass is 19.1. The molecule has 1 aromatic heterocycles. The lowest BCUT2D eigenvalue weighted by atomic mass is 10.1. The zero-order valence-corrected chi connectivity index (χ0v) is 9.65. The van der Waals surface area contributed by atoms with Gasteiger partial charge >= 0.3 is 0 Å². The van der Waals surface area contributed by atoms with E-state index in [1.165, 1.54) is 23.5 Å². The molecule has 0 bridgehead atoms. The molecule has 0 radical (unpaired) electrons. The molecule has 1 N–H and O–H groups in total. The molecule has 0 aliphatic rings. The SMILES string of the molecule is Cc1ccccc1CCNc1cc(F)ncn1. The number of hydrogen-bond acceptors (Lipinski definition) is 3. The molecule has 4 heteroatoms. The molecule has 0 unspecified atom stereocenters. The Morgan fingerprint density at radius 3 is 2.82 bits per heavy atom. The van der Waals surface area contributed by atoms with Crippen LogP contribution in [0.1, 0.15) is 11.1 Å². The van der Waals surface area contributed by atoms with Gasteiger partial charge < -0.3 is 5.32 Å². The zero-order chi connectivity index (χ0) is 12.1. The summed E-state index contributed by atoms with van der Waals surface area (Å²) in [5.74, 6) is 0.00414. The van der Waals surface area contributed by atoms with Crippen LogP contribution in [-0.2, 0) is 6.42 Å². The second kappa shape index (κ2) is 5.39. The van der Waals surface area contributed by atoms with Crippen LogP contribution < -0.4 is 5.32 Å². The first kappa shape index (κ1) is 11.5. The third-order valence-corrected chi connectivity index (χ3v) is 2.60. The van der Waals surface area contributed by atoms with Gasteiger partial charge in [0.15, 0.2) is 0 Å². The quantitative estimate of drug-likeness (QED) is 0.822. The van der Waals surface area contributed by atoms with E-state index in [4.69, 9.17) is 0 Å². The van der Waals surface area contributed by atoms with Crippen molar-refractivity contribution in [1.82, 2.24) is 9.97 Å². The maximum absolute atomic E-state index is 12.8. The maximum Gasteiger partial charge on any atom is 0.217 e. The van der Waals surface area contributed by atoms with Crippen molar-refractivity contribution in [3.8, 4) is 0 Å². The largest absolute Gasteiger partial charge is 0.370 e. The third-order valence-electron chi connectivity index (χ3n) is 2.60. The van der Waals surface area contributed by atoms with Crippen LogP contribution in [0.15, 0.2) is 36.7 Å². The Kier molecular flexibility index (Phi) is 3.65. The molecule has 0 fully saturated rings. The molecule has 0 aliphatic heterocycles. The van der Waals surface area contributed by atoms with Gasteiger partial charge in [0.05, 0.1) is 0 Å². The molecule has 0 atom stereocenters. The van der Waals surface area contributed by atoms with E-state index in [0.29, 0.717) is 5.82 Å². The molecule has 0 aliphatic carbocycles. The van der Waals surface area contributed by atoms with Gasteiger partial charge in [-0.15, -0.1) is 0 Å². The van der Waals surface area contributed by atoms with Gasteiger partial charge in [0.25, 0.3) is 0 Å². The van der Waals surface area contributed by atoms with Gasteiger partial charge in [-0.2, -0.15) is 4.39 Å². The molecule has 0 saturated heterocycles. The highest BCUT2D eigenvalue weighted by Gasteiger charge is 1.99. The average Bonchev–Trinajstić information content (AvgIpc) is 2.32. The van der Waals surface area contributed by atoms with Crippen molar-refractivity contribution in [1.29, 1.82) is 0 Å². The fourth-order valence-electron chi connectivity index (χ4n) is 1.65. The van der Waals surface area contributed by atoms with Gasteiger partial charge in [-0.25, -0.2) is 9.97 Å². The van der Waals surface area contributed by atoms with E-state index in [1.807, 2.05) is 12.1 Å². The highest BCUT2D eigenvalue weighted by Crippen LogP contribution is 2.08. The number of aromatic nitrogens is 2. The Morgan fingerprint density at radius 1 is 1.24 bits per heavy atom. The van der Waals surface area contributed by atoms with Crippen molar-refractivity contribution in [2.75, 3.05) is 11.9 Å². The Morgan fingerprint density at radius 2 is 2.06 bits per heavy atom. The molecule has 0 saturated carbocycles. The van der Waals surface area contributed by atoms with Crippen molar-refractivity contribution < 1.29 is 4.39 Å². The molecular formula is C13H14FN3. The van der Waals surface area contributed by atoms with Crippen LogP contribution in [0.5, 0.6) is 0 Å². The van der Waals surface area contributed by atoms with Crippen molar-refractivity contribution in [3.63, 3.8) is 0 Å². The molecule has 0 amide bonds. The van der Waals surface area contributed by atoms with E-state index < -0.39 is 5.95 Å². The van der Waals surface area contributed by atoms with Gasteiger partial charge in [0.2, 0.25) is 5.95 Å². The number of halogens is 1. The van der Waals surface area contributed by atoms with Crippen LogP contribution in [0.25, 0.3) is 0 Å². The molecular weight excluding hydrogens is 217 g/mol. The smallest absolute Gasteiger partial charge is 0.217 e. The summed E-state index contributed by atoms with van der Waals surface area (Å²) >= 11 is 0. The van der Waals surface area contributed by atoms with Gasteiger partial charge in [-0.3, -0.25) is 0 Å². The number of nitrogens with one attached hydrogen (secondary N) is 1. The number of benzene rings is 1. The highest BCUT2D eigenvalue weighted by molar-refractivity contribution is 5.33. The third kappa shape index (κ3) is 3.24. The van der Waals surface area contributed by atoms with E-state index in [0.717, 1.165) is 13.0 Å². The van der Waals surface area contributed by atoms with E-state index in [2.05, 4.69) is 34.3 Å². The summed E-state index contributed by atoms with van der Waals surface area (Å²) in [4.78, 5) is 7.33. The number of nitrogens with zero attached hydrogens (tertiary/aromatic N) is 2. The van der Waals surface area contributed by atoms with Crippen molar-refractivity contribution in [3.05, 3.63) is 53.7 Å². The standard InChI is InChI=1S/C13H14FN3/c1-10-4-2-3-5-11(10)6-7-15-13-8-12(14)16-9-17-13/h2-5,8-9H,6-7H2,1H3,(H,15,16,17). The van der Waals surface area contributed by atoms with E-state index in [-0.39, 0.29) is 0 Å². The summed E-state index contributed by atoms with van der Waals surface area (Å²) in [6, 6.07) is 9.51. The molecule has 2 aromatic rings. The van der Waals surface area contributed by atoms with Crippen LogP contribution in [0.3, 0.4) is 0 Å². The first-order valence-corrected chi connectivity index (χ1v) is 5.51. The number of anilines is 1. The van der Waals surface area contributed by atoms with Crippen LogP contribution >= 0.6 is 0 Å². The Hall–Kier alpha value is -1.97. The number of aryl methyl sites for hydroxylation is 1. The summed E-state index contributed by atoms with van der Waals surface area (Å²) in [6.45, 7) is 2.81. The molecule has 2 rings (SSSR count). The Labute approximate surface area is 99.7 Å². The topological polar surface area (TPSA) is 37.8 Å². The Bertz CT molecular complexity index is 500. The summed E-state index contributed by atoms with van der Waals surface area (Å²) in [5.41, 5.74) is 2.55. The zero-order valence-electron chi connectivity index (χ0n) is 9.65. The van der Waals surface area contributed by atoms with Gasteiger partial charge in [0, 0.05) is 12.6 Å². The summed E-state index contributed by atoms with van der Waals surface area (Å²) in [7, 11) is 0. The second-order valence-electron chi connectivity index (χ2n) is 3.83. The van der Waals surface area contributed by atoms with Crippen LogP contribution in [0.2, 0.25) is 0 Å². The van der Waals surface area contributed by atoms with Gasteiger partial charge in [-0.1, -0.05) is 24.3 Å². The number of hydrogen-bond donors (Lipinski definition) is 1. The van der Waals surface area contributed by atoms with Gasteiger partial charge in [-0.05, 0) is 24.5 Å². The van der Waals surface area contributed by atoms with E-state index in [9.17, 15) is 4.39 Å². The van der Waals surface area contributed by atoms with Crippen molar-refractivity contribution >= 4 is 5.82 Å². The molecule has 88 valence electrons. The summed E-state index contributed by atoms with van der Waals surface area (Å²) in [5, 5.41) is 3.07. The van der Waals surface area contributed by atoms with Crippen molar-refractivity contribution in [2.45, 2.75) is 13.3 Å². The molecule has 1 heterocycles. The number of rotatable bonds is 4. The summed E-state index contributed by atoms with van der Waals surface area (Å²) < 4.78 is 12.8. The minimum absolute atomic E-state index is 0.515. The first-order chi connectivity index (χ1) is 8.25. The van der Waals surface area contributed by atoms with Crippen LogP contribution in [0, 0.1) is 12.9 Å². The predicted octanol–water partition coefficient (Wildman–Crippen LogP) is 2.58. The van der Waals surface area contributed by atoms with E-state index in [1.54, 1.807) is 0 Å².